The van der Waals surface area contributed by atoms with Gasteiger partial charge in [0.25, 0.3) is 0 Å². The fourth-order valence-corrected chi connectivity index (χ4v) is 8.07. The largest absolute Gasteiger partial charge is 1.00 e. The standard InChI is InChI=1S/C24H28P.2ClH.H3P/c1-2-3-4-14-21-25(22-15-8-5-9-16-22,23-17-10-6-11-18-23)24-19-12-7-13-20-24;;;/h5-13,15-20H,2-4,14,21H2,1H3;2*1H;1H3/q+1;;;/p-1. The highest BCUT2D eigenvalue weighted by molar-refractivity contribution is 7.95. The van der Waals surface area contributed by atoms with Gasteiger partial charge in [-0.3, -0.25) is 0 Å². The lowest BCUT2D eigenvalue weighted by Crippen LogP contribution is -3.00. The molecule has 1 unspecified atom stereocenters. The first-order valence-electron chi connectivity index (χ1n) is 9.43. The van der Waals surface area contributed by atoms with Gasteiger partial charge in [0.15, 0.2) is 0 Å². The van der Waals surface area contributed by atoms with Crippen molar-refractivity contribution in [2.75, 3.05) is 6.16 Å². The Bertz CT molecular complexity index is 653. The summed E-state index contributed by atoms with van der Waals surface area (Å²) < 4.78 is 0. The maximum absolute atomic E-state index is 2.34. The molecule has 0 fully saturated rings. The van der Waals surface area contributed by atoms with Crippen LogP contribution in [0.2, 0.25) is 0 Å². The number of hydrogen-bond donors (Lipinski definition) is 0. The Morgan fingerprint density at radius 2 is 0.929 bits per heavy atom. The second-order valence-electron chi connectivity index (χ2n) is 6.60. The molecule has 3 aromatic carbocycles. The molecule has 0 amide bonds. The summed E-state index contributed by atoms with van der Waals surface area (Å²) in [6, 6.07) is 33.6. The minimum Gasteiger partial charge on any atom is -1.00 e. The molecule has 0 nitrogen and oxygen atoms in total. The minimum absolute atomic E-state index is 0. The smallest absolute Gasteiger partial charge is 0.112 e. The van der Waals surface area contributed by atoms with Gasteiger partial charge in [0.05, 0.1) is 6.16 Å². The van der Waals surface area contributed by atoms with Crippen molar-refractivity contribution in [3.63, 3.8) is 0 Å². The van der Waals surface area contributed by atoms with Gasteiger partial charge in [-0.1, -0.05) is 74.4 Å². The molecule has 3 rings (SSSR count). The summed E-state index contributed by atoms with van der Waals surface area (Å²) >= 11 is 0. The quantitative estimate of drug-likeness (QED) is 0.364. The average molecular weight is 453 g/mol. The lowest BCUT2D eigenvalue weighted by Gasteiger charge is -2.27. The molecule has 0 radical (unpaired) electrons. The van der Waals surface area contributed by atoms with Crippen LogP contribution in [-0.2, 0) is 0 Å². The summed E-state index contributed by atoms with van der Waals surface area (Å²) in [5.41, 5.74) is 0. The lowest BCUT2D eigenvalue weighted by atomic mass is 10.2. The number of benzene rings is 3. The molecule has 0 aliphatic heterocycles. The van der Waals surface area contributed by atoms with Crippen molar-refractivity contribution in [1.29, 1.82) is 0 Å². The van der Waals surface area contributed by atoms with Gasteiger partial charge in [0.1, 0.15) is 23.2 Å². The molecule has 152 valence electrons. The predicted octanol–water partition coefficient (Wildman–Crippen LogP) is 3.04. The Kier molecular flexibility index (Phi) is 13.7. The van der Waals surface area contributed by atoms with E-state index in [4.69, 9.17) is 0 Å². The highest BCUT2D eigenvalue weighted by Crippen LogP contribution is 2.55. The zero-order valence-corrected chi connectivity index (χ0v) is 20.5. The SMILES string of the molecule is CCCCCC[P+](c1ccccc1)(c1ccccc1)c1ccccc1.Cl.P.[Cl-]. The normalized spacial score (nSPS) is 10.2. The van der Waals surface area contributed by atoms with Crippen molar-refractivity contribution in [3.05, 3.63) is 91.0 Å². The van der Waals surface area contributed by atoms with Crippen LogP contribution in [0.4, 0.5) is 0 Å². The van der Waals surface area contributed by atoms with Crippen LogP contribution < -0.4 is 28.3 Å². The van der Waals surface area contributed by atoms with Crippen LogP contribution in [0.1, 0.15) is 32.6 Å². The summed E-state index contributed by atoms with van der Waals surface area (Å²) in [6.45, 7) is 2.29. The van der Waals surface area contributed by atoms with E-state index in [0.717, 1.165) is 0 Å². The Hall–Kier alpha value is -0.900. The van der Waals surface area contributed by atoms with Crippen LogP contribution >= 0.6 is 29.6 Å². The number of unbranched alkanes of at least 4 members (excludes halogenated alkanes) is 3. The third-order valence-electron chi connectivity index (χ3n) is 4.94. The summed E-state index contributed by atoms with van der Waals surface area (Å²) in [4.78, 5) is 0. The van der Waals surface area contributed by atoms with E-state index in [1.807, 2.05) is 0 Å². The molecule has 1 atom stereocenters. The number of rotatable bonds is 8. The van der Waals surface area contributed by atoms with E-state index in [1.54, 1.807) is 0 Å². The van der Waals surface area contributed by atoms with Crippen molar-refractivity contribution in [3.8, 4) is 0 Å². The number of halogens is 2. The molecular formula is C24H32Cl2P2. The summed E-state index contributed by atoms with van der Waals surface area (Å²) in [5.74, 6) is 0. The van der Waals surface area contributed by atoms with E-state index in [0.29, 0.717) is 0 Å². The van der Waals surface area contributed by atoms with Crippen molar-refractivity contribution in [2.45, 2.75) is 32.6 Å². The molecule has 0 heterocycles. The van der Waals surface area contributed by atoms with E-state index in [2.05, 4.69) is 97.9 Å². The van der Waals surface area contributed by atoms with Crippen LogP contribution in [-0.4, -0.2) is 6.16 Å². The minimum atomic E-state index is -1.59. The summed E-state index contributed by atoms with van der Waals surface area (Å²) in [7, 11) is -1.59. The van der Waals surface area contributed by atoms with Crippen LogP contribution in [0.25, 0.3) is 0 Å². The summed E-state index contributed by atoms with van der Waals surface area (Å²) in [5, 5.41) is 4.51. The van der Waals surface area contributed by atoms with Gasteiger partial charge in [0, 0.05) is 0 Å². The van der Waals surface area contributed by atoms with Gasteiger partial charge in [-0.25, -0.2) is 0 Å². The first kappa shape index (κ1) is 27.1. The lowest BCUT2D eigenvalue weighted by molar-refractivity contribution is -0.00000530. The monoisotopic (exact) mass is 452 g/mol. The second-order valence-corrected chi connectivity index (χ2v) is 10.2. The van der Waals surface area contributed by atoms with E-state index < -0.39 is 7.26 Å². The van der Waals surface area contributed by atoms with E-state index in [-0.39, 0.29) is 34.7 Å². The molecule has 0 spiro atoms. The highest BCUT2D eigenvalue weighted by Gasteiger charge is 2.44. The Labute approximate surface area is 187 Å². The molecule has 28 heavy (non-hydrogen) atoms. The molecule has 0 bridgehead atoms. The van der Waals surface area contributed by atoms with Gasteiger partial charge < -0.3 is 12.4 Å². The zero-order chi connectivity index (χ0) is 17.4. The Morgan fingerprint density at radius 3 is 1.25 bits per heavy atom. The summed E-state index contributed by atoms with van der Waals surface area (Å²) in [6.07, 6.45) is 6.49. The first-order chi connectivity index (χ1) is 12.4. The van der Waals surface area contributed by atoms with Gasteiger partial charge in [0.2, 0.25) is 0 Å². The van der Waals surface area contributed by atoms with Gasteiger partial charge >= 0.3 is 0 Å². The molecule has 0 aromatic heterocycles. The first-order valence-corrected chi connectivity index (χ1v) is 11.4. The predicted molar refractivity (Wildman–Crippen MR) is 133 cm³/mol. The van der Waals surface area contributed by atoms with Crippen LogP contribution in [0.3, 0.4) is 0 Å². The molecule has 0 saturated carbocycles. The fourth-order valence-electron chi connectivity index (χ4n) is 3.66. The highest BCUT2D eigenvalue weighted by atomic mass is 35.5. The maximum Gasteiger partial charge on any atom is 0.112 e. The van der Waals surface area contributed by atoms with Crippen molar-refractivity contribution < 1.29 is 12.4 Å². The van der Waals surface area contributed by atoms with Gasteiger partial charge in [-0.2, -0.15) is 9.90 Å². The molecule has 0 aliphatic rings. The van der Waals surface area contributed by atoms with Crippen molar-refractivity contribution in [1.82, 2.24) is 0 Å². The molecule has 0 N–H and O–H groups in total. The zero-order valence-electron chi connectivity index (χ0n) is 16.6. The van der Waals surface area contributed by atoms with Crippen LogP contribution in [0.15, 0.2) is 91.0 Å². The number of hydrogen-bond acceptors (Lipinski definition) is 0. The average Bonchev–Trinajstić information content (AvgIpc) is 2.70. The second kappa shape index (κ2) is 14.1. The third kappa shape index (κ3) is 6.30. The fraction of sp³-hybridized carbons (Fsp3) is 0.250. The van der Waals surface area contributed by atoms with Crippen LogP contribution in [0, 0.1) is 0 Å². The van der Waals surface area contributed by atoms with Gasteiger partial charge in [-0.05, 0) is 49.2 Å². The molecule has 4 heteroatoms. The maximum atomic E-state index is 2.34. The third-order valence-corrected chi connectivity index (χ3v) is 9.46. The van der Waals surface area contributed by atoms with Crippen LogP contribution in [0.5, 0.6) is 0 Å². The Balaban J connectivity index is 0.00000243. The van der Waals surface area contributed by atoms with Gasteiger partial charge in [-0.15, -0.1) is 12.4 Å². The van der Waals surface area contributed by atoms with Crippen molar-refractivity contribution in [2.24, 2.45) is 0 Å². The van der Waals surface area contributed by atoms with Crippen molar-refractivity contribution >= 4 is 45.5 Å². The van der Waals surface area contributed by atoms with E-state index >= 15 is 0 Å². The molecule has 0 saturated heterocycles. The topological polar surface area (TPSA) is 0 Å². The molecule has 0 aliphatic carbocycles. The Morgan fingerprint density at radius 1 is 0.571 bits per heavy atom. The molecule has 3 aromatic rings. The van der Waals surface area contributed by atoms with E-state index in [9.17, 15) is 0 Å². The van der Waals surface area contributed by atoms with E-state index in [1.165, 1.54) is 47.8 Å². The molecular weight excluding hydrogens is 421 g/mol.